The summed E-state index contributed by atoms with van der Waals surface area (Å²) in [6, 6.07) is 16.7. The highest BCUT2D eigenvalue weighted by Gasteiger charge is 2.48. The zero-order chi connectivity index (χ0) is 64.6. The number of hydrogen-bond donors (Lipinski definition) is 4. The predicted octanol–water partition coefficient (Wildman–Crippen LogP) is 9.13. The van der Waals surface area contributed by atoms with Gasteiger partial charge in [-0.1, -0.05) is 67.6 Å². The first-order valence-corrected chi connectivity index (χ1v) is 34.0. The number of carboxylic acid groups (broad SMARTS) is 1. The monoisotopic (exact) mass is 1300 g/mol. The second-order valence-corrected chi connectivity index (χ2v) is 27.7. The fourth-order valence-corrected chi connectivity index (χ4v) is 15.8. The number of carbonyl (C=O) groups is 3. The molecule has 8 aromatic rings. The van der Waals surface area contributed by atoms with Crippen LogP contribution in [0.1, 0.15) is 124 Å². The maximum absolute atomic E-state index is 17.0. The zero-order valence-corrected chi connectivity index (χ0v) is 54.0. The number of piperazine rings is 1. The molecule has 6 saturated heterocycles. The van der Waals surface area contributed by atoms with Gasteiger partial charge in [-0.3, -0.25) is 14.5 Å². The number of ether oxygens (including phenoxy) is 4. The molecule has 1 aliphatic carbocycles. The molecule has 4 aromatic heterocycles. The van der Waals surface area contributed by atoms with Crippen molar-refractivity contribution in [3.63, 3.8) is 0 Å². The summed E-state index contributed by atoms with van der Waals surface area (Å²) in [5, 5.41) is 50.1. The molecule has 23 nitrogen and oxygen atoms in total. The highest BCUT2D eigenvalue weighted by atomic mass is 32.1. The maximum atomic E-state index is 17.0. The molecule has 492 valence electrons. The molecule has 7 aliphatic rings. The van der Waals surface area contributed by atoms with Crippen molar-refractivity contribution in [2.75, 3.05) is 64.1 Å². The number of fused-ring (bicyclic) bond motifs is 4. The first-order valence-electron chi connectivity index (χ1n) is 33.1. The van der Waals surface area contributed by atoms with Gasteiger partial charge in [-0.15, -0.1) is 16.4 Å². The van der Waals surface area contributed by atoms with E-state index in [1.807, 2.05) is 87.1 Å². The number of aliphatic hydroxyl groups is 2. The van der Waals surface area contributed by atoms with Crippen molar-refractivity contribution in [1.29, 1.82) is 0 Å². The van der Waals surface area contributed by atoms with Gasteiger partial charge in [0, 0.05) is 79.3 Å². The maximum Gasteiger partial charge on any atom is 0.407 e. The number of nitrogens with one attached hydrogen (secondary N) is 1. The van der Waals surface area contributed by atoms with Crippen LogP contribution < -0.4 is 19.7 Å². The Labute approximate surface area is 546 Å². The Kier molecular flexibility index (Phi) is 16.8. The number of aliphatic hydroxyl groups excluding tert-OH is 2. The lowest BCUT2D eigenvalue weighted by molar-refractivity contribution is -0.142. The number of halogens is 1. The summed E-state index contributed by atoms with van der Waals surface area (Å²) in [5.41, 5.74) is 10.3. The van der Waals surface area contributed by atoms with Gasteiger partial charge >= 0.3 is 12.1 Å². The number of likely N-dealkylation sites (tertiary alicyclic amines) is 3. The molecule has 10 heterocycles. The average molecular weight is 1300 g/mol. The van der Waals surface area contributed by atoms with Gasteiger partial charge in [0.2, 0.25) is 11.8 Å². The van der Waals surface area contributed by atoms with Crippen LogP contribution in [-0.2, 0) is 25.7 Å². The second kappa shape index (κ2) is 25.5. The Hall–Kier alpha value is -8.20. The lowest BCUT2D eigenvalue weighted by Crippen LogP contribution is -2.53. The summed E-state index contributed by atoms with van der Waals surface area (Å²) in [6.07, 6.45) is 7.84. The summed E-state index contributed by atoms with van der Waals surface area (Å²) in [5.74, 6) is -0.355. The first-order chi connectivity index (χ1) is 45.6. The van der Waals surface area contributed by atoms with Gasteiger partial charge in [0.25, 0.3) is 0 Å². The van der Waals surface area contributed by atoms with Gasteiger partial charge in [-0.2, -0.15) is 15.1 Å². The Morgan fingerprint density at radius 3 is 2.33 bits per heavy atom. The Morgan fingerprint density at radius 1 is 0.872 bits per heavy atom. The third-order valence-electron chi connectivity index (χ3n) is 20.4. The number of carbonyl (C=O) groups excluding carboxylic acids is 2. The standard InChI is InChI=1S/C69H78FN13O10S/c1-37(2)62(67(87)81-30-48(85)24-57(81)66(86)73-55(32-84)43-14-16-44(17-15-43)64-39(4)71-36-94-64)82-31-54(76-77-82)42-10-8-40(9-11-42)33-92-63-60(59-38(3)53(70)26-56-52(59)27-72-83(56)58-7-5-6-22-91-58)50(41-12-13-41)25-51-61(63)74-68(93-49-18-20-78(21-19-49)47-34-90-35-47)75-65(51)79-28-46-23-45(79)29-80(46)69(88)89/h8-11,14-17,25-27,31,36-37,41,45-49,55,57-58,62,84-85H,5-7,12-13,18-24,28-30,32-35H2,1-4H3,(H,73,86)(H,88,89)/t45-,46-,48+,55-,57-,58?,62-/m0/s1. The minimum Gasteiger partial charge on any atom is -0.486 e. The number of aromatic nitrogens is 8. The van der Waals surface area contributed by atoms with Crippen molar-refractivity contribution >= 4 is 56.9 Å². The molecular weight excluding hydrogens is 1220 g/mol. The molecule has 3 amide bonds. The SMILES string of the molecule is Cc1ncsc1-c1ccc([C@H](CO)NC(=O)[C@@H]2C[C@@H](O)CN2C(=O)[C@H](C(C)C)n2cc(-c3ccc(COc4c(-c5c(C)c(F)cc6c5cnn6C5CCCCO5)c(C5CC5)cc5c(N6C[C@@H]7C[C@H]6CN7C(=O)O)nc(OC6CCN(C7COC7)CC6)nc45)cc3)nn2)cc1. The smallest absolute Gasteiger partial charge is 0.407 e. The van der Waals surface area contributed by atoms with Crippen LogP contribution >= 0.6 is 11.3 Å². The van der Waals surface area contributed by atoms with Crippen molar-refractivity contribution in [2.45, 2.75) is 153 Å². The van der Waals surface area contributed by atoms with Crippen molar-refractivity contribution in [2.24, 2.45) is 5.92 Å². The average Bonchev–Trinajstić information content (AvgIpc) is 1.34. The molecule has 25 heteroatoms. The normalized spacial score (nSPS) is 22.6. The van der Waals surface area contributed by atoms with Crippen LogP contribution in [0, 0.1) is 25.6 Å². The van der Waals surface area contributed by atoms with Gasteiger partial charge in [0.05, 0.1) is 84.1 Å². The topological polar surface area (TPSA) is 261 Å². The number of hydrogen-bond acceptors (Lipinski definition) is 18. The van der Waals surface area contributed by atoms with Crippen molar-refractivity contribution in [1.82, 2.24) is 59.7 Å². The summed E-state index contributed by atoms with van der Waals surface area (Å²) in [6.45, 7) is 11.7. The quantitative estimate of drug-likeness (QED) is 0.0588. The molecular formula is C69H78FN13O10S. The lowest BCUT2D eigenvalue weighted by Gasteiger charge is -2.41. The first kappa shape index (κ1) is 61.9. The highest BCUT2D eigenvalue weighted by Crippen LogP contribution is 2.54. The van der Waals surface area contributed by atoms with E-state index in [1.54, 1.807) is 17.8 Å². The van der Waals surface area contributed by atoms with Crippen molar-refractivity contribution in [3.05, 3.63) is 112 Å². The third-order valence-corrected chi connectivity index (χ3v) is 21.4. The third kappa shape index (κ3) is 11.7. The number of aryl methyl sites for hydroxylation is 1. The molecule has 15 rings (SSSR count). The minimum absolute atomic E-state index is 0.0258. The summed E-state index contributed by atoms with van der Waals surface area (Å²) in [7, 11) is 0. The van der Waals surface area contributed by atoms with E-state index in [0.29, 0.717) is 77.1 Å². The molecule has 1 saturated carbocycles. The number of amides is 3. The number of anilines is 1. The molecule has 7 atom stereocenters. The van der Waals surface area contributed by atoms with Crippen LogP contribution in [0.25, 0.3) is 54.6 Å². The van der Waals surface area contributed by atoms with Crippen molar-refractivity contribution in [3.8, 4) is 44.6 Å². The molecule has 6 aliphatic heterocycles. The predicted molar refractivity (Wildman–Crippen MR) is 348 cm³/mol. The van der Waals surface area contributed by atoms with Crippen LogP contribution in [0.2, 0.25) is 0 Å². The highest BCUT2D eigenvalue weighted by molar-refractivity contribution is 7.13. The summed E-state index contributed by atoms with van der Waals surface area (Å²) in [4.78, 5) is 65.0. The van der Waals surface area contributed by atoms with E-state index in [0.717, 1.165) is 120 Å². The molecule has 4 N–H and O–H groups in total. The van der Waals surface area contributed by atoms with Gasteiger partial charge in [0.1, 0.15) is 47.6 Å². The molecule has 2 bridgehead atoms. The second-order valence-electron chi connectivity index (χ2n) is 26.8. The van der Waals surface area contributed by atoms with Crippen LogP contribution in [0.5, 0.6) is 11.8 Å². The fraction of sp³-hybridized carbons (Fsp3) is 0.493. The van der Waals surface area contributed by atoms with Crippen LogP contribution in [0.4, 0.5) is 15.0 Å². The zero-order valence-electron chi connectivity index (χ0n) is 53.1. The molecule has 1 unspecified atom stereocenters. The number of rotatable bonds is 19. The van der Waals surface area contributed by atoms with E-state index in [4.69, 9.17) is 34.0 Å². The van der Waals surface area contributed by atoms with Gasteiger partial charge in [-0.25, -0.2) is 23.5 Å². The van der Waals surface area contributed by atoms with Crippen molar-refractivity contribution < 1.29 is 53.0 Å². The number of nitrogens with zero attached hydrogens (tertiary/aromatic N) is 12. The molecule has 4 aromatic carbocycles. The lowest BCUT2D eigenvalue weighted by atomic mass is 9.88. The fourth-order valence-electron chi connectivity index (χ4n) is 15.0. The number of thiazole rings is 1. The van der Waals surface area contributed by atoms with Gasteiger partial charge in [-0.05, 0) is 111 Å². The van der Waals surface area contributed by atoms with E-state index in [2.05, 4.69) is 36.5 Å². The van der Waals surface area contributed by atoms with E-state index >= 15 is 4.39 Å². The van der Waals surface area contributed by atoms with E-state index in [9.17, 15) is 29.7 Å². The van der Waals surface area contributed by atoms with E-state index in [-0.39, 0.29) is 74.3 Å². The number of benzene rings is 4. The summed E-state index contributed by atoms with van der Waals surface area (Å²) < 4.78 is 46.3. The van der Waals surface area contributed by atoms with Crippen LogP contribution in [0.15, 0.2) is 78.6 Å². The Morgan fingerprint density at radius 2 is 1.66 bits per heavy atom. The van der Waals surface area contributed by atoms with E-state index in [1.165, 1.54) is 25.8 Å². The molecule has 94 heavy (non-hydrogen) atoms. The molecule has 7 fully saturated rings. The van der Waals surface area contributed by atoms with Crippen LogP contribution in [0.3, 0.4) is 0 Å². The Bertz CT molecular complexity index is 4160. The minimum atomic E-state index is -1.00. The van der Waals surface area contributed by atoms with Crippen LogP contribution in [-0.4, -0.2) is 183 Å². The Balaban J connectivity index is 0.746. The largest absolute Gasteiger partial charge is 0.486 e. The molecule has 0 spiro atoms. The van der Waals surface area contributed by atoms with Gasteiger partial charge in [0.15, 0.2) is 12.0 Å². The number of β-amino-alcohol motifs (C(OH)–C–C–N with tert-alkyl or cyclic N) is 1. The van der Waals surface area contributed by atoms with E-state index < -0.39 is 42.1 Å². The molecule has 0 radical (unpaired) electrons. The van der Waals surface area contributed by atoms with Gasteiger partial charge < -0.3 is 54.3 Å². The summed E-state index contributed by atoms with van der Waals surface area (Å²) >= 11 is 1.54. The number of piperidine rings is 1.